The average molecular weight is 332 g/mol. The number of aromatic nitrogens is 1. The van der Waals surface area contributed by atoms with Crippen molar-refractivity contribution < 1.29 is 4.92 Å². The Kier molecular flexibility index (Phi) is 3.32. The zero-order valence-electron chi connectivity index (χ0n) is 14.6. The molecule has 4 heteroatoms. The Morgan fingerprint density at radius 2 is 1.88 bits per heavy atom. The van der Waals surface area contributed by atoms with E-state index in [2.05, 4.69) is 43.7 Å². The first-order valence-electron chi connectivity index (χ1n) is 8.52. The van der Waals surface area contributed by atoms with Crippen LogP contribution in [0.1, 0.15) is 37.1 Å². The molecule has 0 amide bonds. The molecule has 0 fully saturated rings. The van der Waals surface area contributed by atoms with E-state index in [1.54, 1.807) is 12.1 Å². The summed E-state index contributed by atoms with van der Waals surface area (Å²) in [6, 6.07) is 15.5. The third-order valence-corrected chi connectivity index (χ3v) is 5.49. The van der Waals surface area contributed by atoms with E-state index in [4.69, 9.17) is 0 Å². The number of non-ortho nitro benzene ring substituents is 1. The summed E-state index contributed by atoms with van der Waals surface area (Å²) >= 11 is 0. The highest BCUT2D eigenvalue weighted by molar-refractivity contribution is 6.02. The summed E-state index contributed by atoms with van der Waals surface area (Å²) in [6.45, 7) is 4.43. The van der Waals surface area contributed by atoms with Crippen LogP contribution < -0.4 is 0 Å². The zero-order valence-corrected chi connectivity index (χ0v) is 14.6. The van der Waals surface area contributed by atoms with Gasteiger partial charge < -0.3 is 4.57 Å². The second-order valence-corrected chi connectivity index (χ2v) is 6.94. The smallest absolute Gasteiger partial charge is 0.270 e. The van der Waals surface area contributed by atoms with Crippen LogP contribution in [0.2, 0.25) is 0 Å². The quantitative estimate of drug-likeness (QED) is 0.489. The summed E-state index contributed by atoms with van der Waals surface area (Å²) < 4.78 is 2.20. The normalized spacial score (nSPS) is 19.1. The molecule has 1 aromatic heterocycles. The molecule has 0 N–H and O–H groups in total. The lowest BCUT2D eigenvalue weighted by Crippen LogP contribution is -2.19. The maximum Gasteiger partial charge on any atom is 0.270 e. The molecule has 4 nitrogen and oxygen atoms in total. The van der Waals surface area contributed by atoms with Gasteiger partial charge in [-0.25, -0.2) is 0 Å². The van der Waals surface area contributed by atoms with Gasteiger partial charge in [-0.15, -0.1) is 0 Å². The molecule has 3 aromatic rings. The lowest BCUT2D eigenvalue weighted by atomic mass is 9.86. The first kappa shape index (κ1) is 15.6. The van der Waals surface area contributed by atoms with Crippen molar-refractivity contribution in [1.82, 2.24) is 4.57 Å². The van der Waals surface area contributed by atoms with Gasteiger partial charge in [0.05, 0.1) is 4.92 Å². The van der Waals surface area contributed by atoms with E-state index in [1.165, 1.54) is 11.3 Å². The summed E-state index contributed by atoms with van der Waals surface area (Å²) in [7, 11) is 2.06. The van der Waals surface area contributed by atoms with Crippen molar-refractivity contribution in [2.24, 2.45) is 7.05 Å². The minimum atomic E-state index is -0.321. The van der Waals surface area contributed by atoms with Crippen LogP contribution in [0.5, 0.6) is 0 Å². The third-order valence-electron chi connectivity index (χ3n) is 5.49. The van der Waals surface area contributed by atoms with Crippen molar-refractivity contribution in [3.8, 4) is 0 Å². The maximum absolute atomic E-state index is 11.3. The van der Waals surface area contributed by atoms with Gasteiger partial charge in [0.25, 0.3) is 5.69 Å². The fourth-order valence-corrected chi connectivity index (χ4v) is 4.06. The summed E-state index contributed by atoms with van der Waals surface area (Å²) in [5.41, 5.74) is 5.80. The molecule has 0 saturated heterocycles. The van der Waals surface area contributed by atoms with Gasteiger partial charge in [0, 0.05) is 46.8 Å². The second kappa shape index (κ2) is 5.31. The number of hydrogen-bond acceptors (Lipinski definition) is 2. The number of nitro benzene ring substituents is 1. The van der Waals surface area contributed by atoms with Crippen molar-refractivity contribution >= 4 is 22.2 Å². The number of nitro groups is 1. The van der Waals surface area contributed by atoms with Gasteiger partial charge in [-0.05, 0) is 23.6 Å². The Hall–Kier alpha value is -2.88. The van der Waals surface area contributed by atoms with Crippen LogP contribution in [-0.4, -0.2) is 9.49 Å². The van der Waals surface area contributed by atoms with Crippen LogP contribution in [-0.2, 0) is 12.5 Å². The highest BCUT2D eigenvalue weighted by Crippen LogP contribution is 2.49. The minimum Gasteiger partial charge on any atom is -0.346 e. The summed E-state index contributed by atoms with van der Waals surface area (Å²) in [6.07, 6.45) is 3.30. The minimum absolute atomic E-state index is 0.0803. The monoisotopic (exact) mass is 332 g/mol. The van der Waals surface area contributed by atoms with Crippen LogP contribution in [0.25, 0.3) is 16.5 Å². The molecule has 1 heterocycles. The van der Waals surface area contributed by atoms with E-state index in [-0.39, 0.29) is 16.0 Å². The number of hydrogen-bond donors (Lipinski definition) is 0. The van der Waals surface area contributed by atoms with Gasteiger partial charge in [-0.3, -0.25) is 10.1 Å². The van der Waals surface area contributed by atoms with Gasteiger partial charge >= 0.3 is 0 Å². The molecular weight excluding hydrogens is 312 g/mol. The summed E-state index contributed by atoms with van der Waals surface area (Å²) in [5, 5.41) is 12.2. The lowest BCUT2D eigenvalue weighted by Gasteiger charge is -2.22. The standard InChI is InChI=1S/C21H20N2O2/c1-4-21(2)13-17(14-8-6-5-7-9-14)19-16-12-15(23(24)25)10-11-18(16)22(3)20(19)21/h5-13H,4H2,1-3H3. The Balaban J connectivity index is 2.09. The summed E-state index contributed by atoms with van der Waals surface area (Å²) in [4.78, 5) is 11.0. The molecule has 126 valence electrons. The number of rotatable bonds is 3. The van der Waals surface area contributed by atoms with Gasteiger partial charge in [-0.1, -0.05) is 50.3 Å². The number of fused-ring (bicyclic) bond motifs is 3. The van der Waals surface area contributed by atoms with Crippen LogP contribution in [0.3, 0.4) is 0 Å². The highest BCUT2D eigenvalue weighted by Gasteiger charge is 2.38. The molecule has 2 aromatic carbocycles. The van der Waals surface area contributed by atoms with Crippen LogP contribution in [0, 0.1) is 10.1 Å². The molecule has 0 aliphatic heterocycles. The van der Waals surface area contributed by atoms with Gasteiger partial charge in [0.2, 0.25) is 0 Å². The molecule has 0 spiro atoms. The molecule has 1 unspecified atom stereocenters. The Morgan fingerprint density at radius 3 is 2.52 bits per heavy atom. The fourth-order valence-electron chi connectivity index (χ4n) is 4.06. The number of allylic oxidation sites excluding steroid dienone is 1. The van der Waals surface area contributed by atoms with E-state index in [9.17, 15) is 10.1 Å². The molecule has 4 rings (SSSR count). The number of nitrogens with zero attached hydrogens (tertiary/aromatic N) is 2. The maximum atomic E-state index is 11.3. The fraction of sp³-hybridized carbons (Fsp3) is 0.238. The lowest BCUT2D eigenvalue weighted by molar-refractivity contribution is -0.384. The second-order valence-electron chi connectivity index (χ2n) is 6.94. The molecule has 1 atom stereocenters. The van der Waals surface area contributed by atoms with E-state index in [0.29, 0.717) is 0 Å². The SMILES string of the molecule is CCC1(C)C=C(c2ccccc2)c2c1n(C)c1ccc([N+](=O)[O-])cc21. The first-order chi connectivity index (χ1) is 12.0. The zero-order chi connectivity index (χ0) is 17.8. The predicted octanol–water partition coefficient (Wildman–Crippen LogP) is 5.20. The molecule has 1 aliphatic rings. The first-order valence-corrected chi connectivity index (χ1v) is 8.52. The van der Waals surface area contributed by atoms with Crippen molar-refractivity contribution in [2.45, 2.75) is 25.7 Å². The topological polar surface area (TPSA) is 48.1 Å². The van der Waals surface area contributed by atoms with Crippen molar-refractivity contribution in [3.63, 3.8) is 0 Å². The van der Waals surface area contributed by atoms with Gasteiger partial charge in [0.15, 0.2) is 0 Å². The molecule has 1 aliphatic carbocycles. The van der Waals surface area contributed by atoms with Crippen LogP contribution >= 0.6 is 0 Å². The molecule has 0 radical (unpaired) electrons. The highest BCUT2D eigenvalue weighted by atomic mass is 16.6. The van der Waals surface area contributed by atoms with Crippen LogP contribution in [0.4, 0.5) is 5.69 Å². The van der Waals surface area contributed by atoms with Crippen molar-refractivity contribution in [1.29, 1.82) is 0 Å². The summed E-state index contributed by atoms with van der Waals surface area (Å²) in [5.74, 6) is 0. The molecule has 0 saturated carbocycles. The van der Waals surface area contributed by atoms with Gasteiger partial charge in [0.1, 0.15) is 0 Å². The third kappa shape index (κ3) is 2.14. The Morgan fingerprint density at radius 1 is 1.16 bits per heavy atom. The van der Waals surface area contributed by atoms with Gasteiger partial charge in [-0.2, -0.15) is 0 Å². The predicted molar refractivity (Wildman–Crippen MR) is 101 cm³/mol. The van der Waals surface area contributed by atoms with E-state index in [1.807, 2.05) is 24.3 Å². The largest absolute Gasteiger partial charge is 0.346 e. The van der Waals surface area contributed by atoms with Crippen molar-refractivity contribution in [2.75, 3.05) is 0 Å². The Labute approximate surface area is 146 Å². The van der Waals surface area contributed by atoms with E-state index >= 15 is 0 Å². The Bertz CT molecular complexity index is 1030. The molecular formula is C21H20N2O2. The van der Waals surface area contributed by atoms with E-state index < -0.39 is 0 Å². The number of aryl methyl sites for hydroxylation is 1. The molecule has 25 heavy (non-hydrogen) atoms. The number of benzene rings is 2. The average Bonchev–Trinajstić information content (AvgIpc) is 3.10. The van der Waals surface area contributed by atoms with Crippen LogP contribution in [0.15, 0.2) is 54.6 Å². The molecule has 0 bridgehead atoms. The van der Waals surface area contributed by atoms with Crippen molar-refractivity contribution in [3.05, 3.63) is 81.5 Å². The van der Waals surface area contributed by atoms with E-state index in [0.717, 1.165) is 28.5 Å².